The summed E-state index contributed by atoms with van der Waals surface area (Å²) in [4.78, 5) is 10.1. The smallest absolute Gasteiger partial charge is 0.269 e. The van der Waals surface area contributed by atoms with Crippen LogP contribution in [0.5, 0.6) is 0 Å². The van der Waals surface area contributed by atoms with Crippen LogP contribution in [-0.4, -0.2) is 24.1 Å². The van der Waals surface area contributed by atoms with Gasteiger partial charge in [0.25, 0.3) is 5.69 Å². The molecule has 5 heteroatoms. The van der Waals surface area contributed by atoms with Crippen molar-refractivity contribution in [3.63, 3.8) is 0 Å². The fraction of sp³-hybridized carbons (Fsp3) is 0.455. The lowest BCUT2D eigenvalue weighted by Gasteiger charge is -2.10. The van der Waals surface area contributed by atoms with E-state index in [1.165, 1.54) is 0 Å². The first-order valence-corrected chi connectivity index (χ1v) is 5.43. The maximum atomic E-state index is 10.5. The van der Waals surface area contributed by atoms with Crippen LogP contribution in [0.4, 0.5) is 5.69 Å². The van der Waals surface area contributed by atoms with E-state index in [9.17, 15) is 10.1 Å². The zero-order chi connectivity index (χ0) is 11.4. The molecule has 1 aliphatic heterocycles. The van der Waals surface area contributed by atoms with E-state index in [0.29, 0.717) is 6.04 Å². The van der Waals surface area contributed by atoms with Gasteiger partial charge in [0.1, 0.15) is 0 Å². The molecular formula is C11H15N3O2. The maximum absolute atomic E-state index is 10.5. The SMILES string of the molecule is O=[N+]([O-])c1ccc(CNC2CCNC2)cc1. The predicted octanol–water partition coefficient (Wildman–Crippen LogP) is 1.05. The van der Waals surface area contributed by atoms with E-state index in [1.807, 2.05) is 0 Å². The number of nitrogens with one attached hydrogen (secondary N) is 2. The van der Waals surface area contributed by atoms with Crippen molar-refractivity contribution < 1.29 is 4.92 Å². The molecule has 1 atom stereocenters. The highest BCUT2D eigenvalue weighted by Crippen LogP contribution is 2.12. The molecule has 0 aromatic heterocycles. The molecule has 0 amide bonds. The number of benzene rings is 1. The summed E-state index contributed by atoms with van der Waals surface area (Å²) in [6.45, 7) is 2.84. The first-order chi connectivity index (χ1) is 7.75. The summed E-state index contributed by atoms with van der Waals surface area (Å²) in [7, 11) is 0. The van der Waals surface area contributed by atoms with E-state index in [-0.39, 0.29) is 10.6 Å². The van der Waals surface area contributed by atoms with Crippen molar-refractivity contribution in [2.24, 2.45) is 0 Å². The molecule has 0 spiro atoms. The average Bonchev–Trinajstić information content (AvgIpc) is 2.80. The number of rotatable bonds is 4. The summed E-state index contributed by atoms with van der Waals surface area (Å²) in [5.41, 5.74) is 1.23. The molecule has 0 bridgehead atoms. The lowest BCUT2D eigenvalue weighted by molar-refractivity contribution is -0.384. The Morgan fingerprint density at radius 2 is 2.19 bits per heavy atom. The van der Waals surface area contributed by atoms with Crippen molar-refractivity contribution in [2.75, 3.05) is 13.1 Å². The second-order valence-electron chi connectivity index (χ2n) is 3.99. The molecule has 0 radical (unpaired) electrons. The Morgan fingerprint density at radius 3 is 2.75 bits per heavy atom. The molecule has 1 heterocycles. The molecule has 0 saturated carbocycles. The van der Waals surface area contributed by atoms with Crippen LogP contribution >= 0.6 is 0 Å². The maximum Gasteiger partial charge on any atom is 0.269 e. The van der Waals surface area contributed by atoms with Gasteiger partial charge in [0.05, 0.1) is 4.92 Å². The Morgan fingerprint density at radius 1 is 1.44 bits per heavy atom. The summed E-state index contributed by atoms with van der Waals surface area (Å²) in [6.07, 6.45) is 1.15. The molecule has 1 fully saturated rings. The van der Waals surface area contributed by atoms with E-state index in [0.717, 1.165) is 31.6 Å². The van der Waals surface area contributed by atoms with E-state index in [4.69, 9.17) is 0 Å². The van der Waals surface area contributed by atoms with Gasteiger partial charge in [-0.25, -0.2) is 0 Å². The molecule has 1 aromatic rings. The minimum absolute atomic E-state index is 0.145. The van der Waals surface area contributed by atoms with E-state index < -0.39 is 0 Å². The van der Waals surface area contributed by atoms with Gasteiger partial charge in [0.2, 0.25) is 0 Å². The van der Waals surface area contributed by atoms with Crippen molar-refractivity contribution in [1.82, 2.24) is 10.6 Å². The molecule has 1 aliphatic rings. The quantitative estimate of drug-likeness (QED) is 0.589. The molecule has 5 nitrogen and oxygen atoms in total. The molecule has 2 rings (SSSR count). The first-order valence-electron chi connectivity index (χ1n) is 5.43. The van der Waals surface area contributed by atoms with E-state index >= 15 is 0 Å². The van der Waals surface area contributed by atoms with Crippen LogP contribution in [0, 0.1) is 10.1 Å². The van der Waals surface area contributed by atoms with Crippen LogP contribution in [0.15, 0.2) is 24.3 Å². The molecule has 2 N–H and O–H groups in total. The Bertz CT molecular complexity index is 358. The number of non-ortho nitro benzene ring substituents is 1. The highest BCUT2D eigenvalue weighted by molar-refractivity contribution is 5.32. The van der Waals surface area contributed by atoms with Crippen molar-refractivity contribution in [2.45, 2.75) is 19.0 Å². The number of nitrogens with zero attached hydrogens (tertiary/aromatic N) is 1. The van der Waals surface area contributed by atoms with Crippen molar-refractivity contribution in [1.29, 1.82) is 0 Å². The van der Waals surface area contributed by atoms with Crippen molar-refractivity contribution in [3.8, 4) is 0 Å². The normalized spacial score (nSPS) is 19.9. The summed E-state index contributed by atoms with van der Waals surface area (Å²) >= 11 is 0. The number of nitro benzene ring substituents is 1. The van der Waals surface area contributed by atoms with Crippen LogP contribution in [-0.2, 0) is 6.54 Å². The van der Waals surface area contributed by atoms with Gasteiger partial charge < -0.3 is 10.6 Å². The molecule has 16 heavy (non-hydrogen) atoms. The molecular weight excluding hydrogens is 206 g/mol. The van der Waals surface area contributed by atoms with Gasteiger partial charge in [-0.05, 0) is 18.5 Å². The van der Waals surface area contributed by atoms with Gasteiger partial charge in [-0.15, -0.1) is 0 Å². The fourth-order valence-corrected chi connectivity index (χ4v) is 1.83. The van der Waals surface area contributed by atoms with Gasteiger partial charge in [-0.2, -0.15) is 0 Å². The van der Waals surface area contributed by atoms with E-state index in [1.54, 1.807) is 24.3 Å². The topological polar surface area (TPSA) is 67.2 Å². The highest BCUT2D eigenvalue weighted by Gasteiger charge is 2.13. The van der Waals surface area contributed by atoms with Crippen LogP contribution in [0.3, 0.4) is 0 Å². The second kappa shape index (κ2) is 5.05. The van der Waals surface area contributed by atoms with Crippen LogP contribution < -0.4 is 10.6 Å². The predicted molar refractivity (Wildman–Crippen MR) is 61.2 cm³/mol. The van der Waals surface area contributed by atoms with Crippen molar-refractivity contribution in [3.05, 3.63) is 39.9 Å². The van der Waals surface area contributed by atoms with Crippen LogP contribution in [0.1, 0.15) is 12.0 Å². The fourth-order valence-electron chi connectivity index (χ4n) is 1.83. The Balaban J connectivity index is 1.87. The van der Waals surface area contributed by atoms with Gasteiger partial charge in [0, 0.05) is 31.3 Å². The monoisotopic (exact) mass is 221 g/mol. The molecule has 86 valence electrons. The minimum atomic E-state index is -0.377. The summed E-state index contributed by atoms with van der Waals surface area (Å²) in [5.74, 6) is 0. The number of hydrogen-bond acceptors (Lipinski definition) is 4. The van der Waals surface area contributed by atoms with Crippen LogP contribution in [0.2, 0.25) is 0 Å². The third kappa shape index (κ3) is 2.77. The lowest BCUT2D eigenvalue weighted by atomic mass is 10.2. The average molecular weight is 221 g/mol. The van der Waals surface area contributed by atoms with Gasteiger partial charge in [0.15, 0.2) is 0 Å². The zero-order valence-corrected chi connectivity index (χ0v) is 8.98. The molecule has 1 unspecified atom stereocenters. The summed E-state index contributed by atoms with van der Waals surface area (Å²) < 4.78 is 0. The van der Waals surface area contributed by atoms with Gasteiger partial charge in [-0.3, -0.25) is 10.1 Å². The standard InChI is InChI=1S/C11H15N3O2/c15-14(16)11-3-1-9(2-4-11)7-13-10-5-6-12-8-10/h1-4,10,12-13H,5-8H2. The summed E-state index contributed by atoms with van der Waals surface area (Å²) in [5, 5.41) is 17.2. The first kappa shape index (κ1) is 11.0. The lowest BCUT2D eigenvalue weighted by Crippen LogP contribution is -2.30. The molecule has 1 aromatic carbocycles. The molecule has 0 aliphatic carbocycles. The van der Waals surface area contributed by atoms with Crippen molar-refractivity contribution >= 4 is 5.69 Å². The number of nitro groups is 1. The Kier molecular flexibility index (Phi) is 3.48. The van der Waals surface area contributed by atoms with Gasteiger partial charge >= 0.3 is 0 Å². The highest BCUT2D eigenvalue weighted by atomic mass is 16.6. The minimum Gasteiger partial charge on any atom is -0.315 e. The Hall–Kier alpha value is -1.46. The van der Waals surface area contributed by atoms with Gasteiger partial charge in [-0.1, -0.05) is 12.1 Å². The second-order valence-corrected chi connectivity index (χ2v) is 3.99. The third-order valence-electron chi connectivity index (χ3n) is 2.80. The largest absolute Gasteiger partial charge is 0.315 e. The summed E-state index contributed by atoms with van der Waals surface area (Å²) in [6, 6.07) is 7.21. The van der Waals surface area contributed by atoms with E-state index in [2.05, 4.69) is 10.6 Å². The molecule has 1 saturated heterocycles. The number of hydrogen-bond donors (Lipinski definition) is 2. The Labute approximate surface area is 94.0 Å². The third-order valence-corrected chi connectivity index (χ3v) is 2.80. The zero-order valence-electron chi connectivity index (χ0n) is 8.98. The van der Waals surface area contributed by atoms with Crippen LogP contribution in [0.25, 0.3) is 0 Å².